The van der Waals surface area contributed by atoms with Crippen LogP contribution in [0.25, 0.3) is 0 Å². The van der Waals surface area contributed by atoms with Gasteiger partial charge in [0.25, 0.3) is 0 Å². The number of halogens is 1. The topological polar surface area (TPSA) is 52.8 Å². The second-order valence-corrected chi connectivity index (χ2v) is 5.26. The highest BCUT2D eigenvalue weighted by Crippen LogP contribution is 2.30. The zero-order chi connectivity index (χ0) is 14.4. The fourth-order valence-corrected chi connectivity index (χ4v) is 2.38. The third kappa shape index (κ3) is 3.87. The van der Waals surface area contributed by atoms with Crippen molar-refractivity contribution >= 4 is 17.3 Å². The molecule has 0 aromatic heterocycles. The summed E-state index contributed by atoms with van der Waals surface area (Å²) in [6, 6.07) is 3.28. The van der Waals surface area contributed by atoms with Gasteiger partial charge in [0.1, 0.15) is 5.75 Å². The minimum atomic E-state index is 0.115. The van der Waals surface area contributed by atoms with Crippen LogP contribution >= 0.6 is 11.6 Å². The van der Waals surface area contributed by atoms with Crippen LogP contribution in [0.2, 0.25) is 5.02 Å². The van der Waals surface area contributed by atoms with E-state index in [9.17, 15) is 10.3 Å². The molecule has 0 radical (unpaired) electrons. The van der Waals surface area contributed by atoms with Gasteiger partial charge in [-0.15, -0.1) is 0 Å². The van der Waals surface area contributed by atoms with Crippen LogP contribution in [0.1, 0.15) is 50.7 Å². The molecule has 0 fully saturated rings. The van der Waals surface area contributed by atoms with E-state index in [0.717, 1.165) is 31.2 Å². The maximum Gasteiger partial charge on any atom is 0.125 e. The smallest absolute Gasteiger partial charge is 0.125 e. The second kappa shape index (κ2) is 7.39. The van der Waals surface area contributed by atoms with Gasteiger partial charge in [-0.25, -0.2) is 0 Å². The van der Waals surface area contributed by atoms with Gasteiger partial charge in [-0.05, 0) is 37.5 Å². The van der Waals surface area contributed by atoms with Crippen LogP contribution < -0.4 is 0 Å². The highest BCUT2D eigenvalue weighted by Gasteiger charge is 2.20. The van der Waals surface area contributed by atoms with E-state index in [0.29, 0.717) is 16.3 Å². The molecule has 1 aromatic carbocycles. The van der Waals surface area contributed by atoms with Crippen molar-refractivity contribution in [3.8, 4) is 5.75 Å². The standard InChI is InChI=1S/C15H22ClNO2/c1-4-6-7-11(5-2)15(17-19)12-9-13(16)10(3)8-14(12)18/h8-9,11,18-19H,4-7H2,1-3H3. The summed E-state index contributed by atoms with van der Waals surface area (Å²) >= 11 is 6.09. The number of phenolic OH excluding ortho intramolecular Hbond substituents is 1. The third-order valence-electron chi connectivity index (χ3n) is 3.45. The molecule has 1 rings (SSSR count). The molecule has 106 valence electrons. The average molecular weight is 284 g/mol. The Balaban J connectivity index is 3.12. The number of aromatic hydroxyl groups is 1. The summed E-state index contributed by atoms with van der Waals surface area (Å²) in [6.07, 6.45) is 3.97. The summed E-state index contributed by atoms with van der Waals surface area (Å²) < 4.78 is 0. The number of oxime groups is 1. The fourth-order valence-electron chi connectivity index (χ4n) is 2.21. The second-order valence-electron chi connectivity index (χ2n) is 4.85. The van der Waals surface area contributed by atoms with E-state index in [1.54, 1.807) is 12.1 Å². The molecule has 3 nitrogen and oxygen atoms in total. The summed E-state index contributed by atoms with van der Waals surface area (Å²) in [5.74, 6) is 0.249. The Labute approximate surface area is 119 Å². The van der Waals surface area contributed by atoms with Crippen LogP contribution in [0.5, 0.6) is 5.75 Å². The molecule has 19 heavy (non-hydrogen) atoms. The Bertz CT molecular complexity index is 458. The first kappa shape index (κ1) is 15.8. The molecule has 0 aliphatic carbocycles. The van der Waals surface area contributed by atoms with Crippen LogP contribution in [0.15, 0.2) is 17.3 Å². The number of phenols is 1. The van der Waals surface area contributed by atoms with Crippen molar-refractivity contribution in [2.45, 2.75) is 46.5 Å². The maximum atomic E-state index is 10.0. The molecular weight excluding hydrogens is 262 g/mol. The van der Waals surface area contributed by atoms with Crippen LogP contribution in [0.3, 0.4) is 0 Å². The molecule has 1 unspecified atom stereocenters. The maximum absolute atomic E-state index is 10.0. The van der Waals surface area contributed by atoms with Gasteiger partial charge in [0.2, 0.25) is 0 Å². The van der Waals surface area contributed by atoms with Gasteiger partial charge in [0.05, 0.1) is 5.71 Å². The van der Waals surface area contributed by atoms with Crippen molar-refractivity contribution in [2.24, 2.45) is 11.1 Å². The van der Waals surface area contributed by atoms with E-state index in [2.05, 4.69) is 19.0 Å². The minimum absolute atomic E-state index is 0.115. The predicted molar refractivity (Wildman–Crippen MR) is 79.5 cm³/mol. The number of aryl methyl sites for hydroxylation is 1. The van der Waals surface area contributed by atoms with E-state index < -0.39 is 0 Å². The first-order valence-corrected chi connectivity index (χ1v) is 7.14. The summed E-state index contributed by atoms with van der Waals surface area (Å²) in [5, 5.41) is 23.3. The van der Waals surface area contributed by atoms with Crippen molar-refractivity contribution in [3.63, 3.8) is 0 Å². The lowest BCUT2D eigenvalue weighted by Gasteiger charge is -2.18. The molecule has 0 bridgehead atoms. The Kier molecular flexibility index (Phi) is 6.16. The van der Waals surface area contributed by atoms with Gasteiger partial charge in [0.15, 0.2) is 0 Å². The summed E-state index contributed by atoms with van der Waals surface area (Å²) in [7, 11) is 0. The normalized spacial score (nSPS) is 13.6. The fraction of sp³-hybridized carbons (Fsp3) is 0.533. The number of hydrogen-bond acceptors (Lipinski definition) is 3. The molecule has 0 aliphatic heterocycles. The van der Waals surface area contributed by atoms with E-state index in [-0.39, 0.29) is 11.7 Å². The monoisotopic (exact) mass is 283 g/mol. The lowest BCUT2D eigenvalue weighted by molar-refractivity contribution is 0.313. The number of unbranched alkanes of at least 4 members (excludes halogenated alkanes) is 1. The van der Waals surface area contributed by atoms with Gasteiger partial charge >= 0.3 is 0 Å². The van der Waals surface area contributed by atoms with Crippen LogP contribution in [0, 0.1) is 12.8 Å². The summed E-state index contributed by atoms with van der Waals surface area (Å²) in [4.78, 5) is 0. The molecule has 0 amide bonds. The highest BCUT2D eigenvalue weighted by atomic mass is 35.5. The lowest BCUT2D eigenvalue weighted by Crippen LogP contribution is -2.16. The quantitative estimate of drug-likeness (QED) is 0.450. The molecule has 4 heteroatoms. The average Bonchev–Trinajstić information content (AvgIpc) is 2.39. The van der Waals surface area contributed by atoms with Crippen LogP contribution in [0.4, 0.5) is 0 Å². The van der Waals surface area contributed by atoms with Crippen molar-refractivity contribution in [2.75, 3.05) is 0 Å². The molecule has 1 aromatic rings. The first-order valence-electron chi connectivity index (χ1n) is 6.76. The SMILES string of the molecule is CCCCC(CC)C(=NO)c1cc(Cl)c(C)cc1O. The van der Waals surface area contributed by atoms with Gasteiger partial charge in [0, 0.05) is 16.5 Å². The molecule has 0 saturated heterocycles. The van der Waals surface area contributed by atoms with E-state index in [4.69, 9.17) is 11.6 Å². The molecule has 0 saturated carbocycles. The Morgan fingerprint density at radius 2 is 2.05 bits per heavy atom. The first-order chi connectivity index (χ1) is 9.04. The van der Waals surface area contributed by atoms with Crippen LogP contribution in [-0.2, 0) is 0 Å². The minimum Gasteiger partial charge on any atom is -0.507 e. The molecule has 1 atom stereocenters. The Morgan fingerprint density at radius 3 is 2.58 bits per heavy atom. The number of hydrogen-bond donors (Lipinski definition) is 2. The van der Waals surface area contributed by atoms with E-state index in [1.165, 1.54) is 0 Å². The molecule has 2 N–H and O–H groups in total. The molecule has 0 aliphatic rings. The largest absolute Gasteiger partial charge is 0.507 e. The van der Waals surface area contributed by atoms with E-state index >= 15 is 0 Å². The zero-order valence-corrected chi connectivity index (χ0v) is 12.5. The van der Waals surface area contributed by atoms with Gasteiger partial charge in [-0.1, -0.05) is 43.4 Å². The summed E-state index contributed by atoms with van der Waals surface area (Å²) in [6.45, 7) is 6.01. The van der Waals surface area contributed by atoms with Gasteiger partial charge in [-0.2, -0.15) is 0 Å². The van der Waals surface area contributed by atoms with Crippen molar-refractivity contribution in [1.82, 2.24) is 0 Å². The number of benzene rings is 1. The predicted octanol–water partition coefficient (Wildman–Crippen LogP) is 4.75. The zero-order valence-electron chi connectivity index (χ0n) is 11.8. The molecule has 0 spiro atoms. The number of rotatable bonds is 6. The van der Waals surface area contributed by atoms with Crippen LogP contribution in [-0.4, -0.2) is 16.0 Å². The highest BCUT2D eigenvalue weighted by molar-refractivity contribution is 6.32. The van der Waals surface area contributed by atoms with Gasteiger partial charge < -0.3 is 10.3 Å². The van der Waals surface area contributed by atoms with Crippen molar-refractivity contribution < 1.29 is 10.3 Å². The van der Waals surface area contributed by atoms with Gasteiger partial charge in [-0.3, -0.25) is 0 Å². The Hall–Kier alpha value is -1.22. The van der Waals surface area contributed by atoms with E-state index in [1.807, 2.05) is 6.92 Å². The molecule has 0 heterocycles. The van der Waals surface area contributed by atoms with Crippen molar-refractivity contribution in [3.05, 3.63) is 28.3 Å². The summed E-state index contributed by atoms with van der Waals surface area (Å²) in [5.41, 5.74) is 1.86. The number of nitrogens with zero attached hydrogens (tertiary/aromatic N) is 1. The lowest BCUT2D eigenvalue weighted by atomic mass is 9.89. The third-order valence-corrected chi connectivity index (χ3v) is 3.85. The molecular formula is C15H22ClNO2. The van der Waals surface area contributed by atoms with Crippen molar-refractivity contribution in [1.29, 1.82) is 0 Å². The Morgan fingerprint density at radius 1 is 1.37 bits per heavy atom.